The van der Waals surface area contributed by atoms with Crippen LogP contribution in [0.25, 0.3) is 0 Å². The van der Waals surface area contributed by atoms with Crippen LogP contribution in [0.4, 0.5) is 0 Å². The second kappa shape index (κ2) is 6.95. The summed E-state index contributed by atoms with van der Waals surface area (Å²) in [6.07, 6.45) is 6.25. The molecule has 0 bridgehead atoms. The second-order valence-corrected chi connectivity index (χ2v) is 6.68. The third-order valence-electron chi connectivity index (χ3n) is 4.78. The fourth-order valence-corrected chi connectivity index (χ4v) is 3.82. The molecule has 1 fully saturated rings. The van der Waals surface area contributed by atoms with E-state index in [1.165, 1.54) is 31.4 Å². The van der Waals surface area contributed by atoms with Crippen LogP contribution in [0, 0.1) is 18.8 Å². The Morgan fingerprint density at radius 1 is 1.45 bits per heavy atom. The van der Waals surface area contributed by atoms with Crippen LogP contribution >= 0.6 is 11.6 Å². The highest BCUT2D eigenvalue weighted by atomic mass is 35.5. The van der Waals surface area contributed by atoms with E-state index in [4.69, 9.17) is 11.6 Å². The lowest BCUT2D eigenvalue weighted by Crippen LogP contribution is -2.40. The van der Waals surface area contributed by atoms with E-state index in [9.17, 15) is 0 Å². The first-order valence-corrected chi connectivity index (χ1v) is 8.33. The molecule has 1 N–H and O–H groups in total. The summed E-state index contributed by atoms with van der Waals surface area (Å²) in [7, 11) is 2.00. The van der Waals surface area contributed by atoms with Crippen molar-refractivity contribution in [1.82, 2.24) is 15.1 Å². The number of hydrogen-bond donors (Lipinski definition) is 1. The molecule has 1 heterocycles. The Hall–Kier alpha value is -0.540. The molecule has 1 aromatic heterocycles. The number of aryl methyl sites for hydroxylation is 2. The third kappa shape index (κ3) is 3.37. The van der Waals surface area contributed by atoms with Crippen LogP contribution in [0.5, 0.6) is 0 Å². The lowest BCUT2D eigenvalue weighted by molar-refractivity contribution is 0.292. The Balaban J connectivity index is 2.14. The van der Waals surface area contributed by atoms with Gasteiger partial charge in [0.15, 0.2) is 0 Å². The van der Waals surface area contributed by atoms with Gasteiger partial charge in [0, 0.05) is 19.5 Å². The maximum Gasteiger partial charge on any atom is 0.0847 e. The molecule has 1 saturated carbocycles. The number of rotatable bonds is 6. The molecule has 0 radical (unpaired) electrons. The monoisotopic (exact) mass is 297 g/mol. The van der Waals surface area contributed by atoms with Gasteiger partial charge in [0.25, 0.3) is 0 Å². The topological polar surface area (TPSA) is 29.9 Å². The van der Waals surface area contributed by atoms with Crippen LogP contribution in [-0.4, -0.2) is 22.4 Å². The zero-order valence-electron chi connectivity index (χ0n) is 13.2. The minimum atomic E-state index is 0.528. The Labute approximate surface area is 128 Å². The molecule has 4 heteroatoms. The van der Waals surface area contributed by atoms with E-state index in [0.717, 1.165) is 35.5 Å². The van der Waals surface area contributed by atoms with Crippen LogP contribution in [0.15, 0.2) is 0 Å². The maximum atomic E-state index is 6.42. The molecule has 1 aliphatic carbocycles. The van der Waals surface area contributed by atoms with Crippen LogP contribution in [0.1, 0.15) is 50.9 Å². The van der Waals surface area contributed by atoms with Crippen LogP contribution in [0.2, 0.25) is 5.02 Å². The fourth-order valence-electron chi connectivity index (χ4n) is 3.59. The predicted molar refractivity (Wildman–Crippen MR) is 85.2 cm³/mol. The van der Waals surface area contributed by atoms with Crippen molar-refractivity contribution in [2.24, 2.45) is 18.9 Å². The fraction of sp³-hybridized carbons (Fsp3) is 0.812. The Morgan fingerprint density at radius 3 is 2.70 bits per heavy atom. The first-order valence-electron chi connectivity index (χ1n) is 7.96. The molecule has 3 atom stereocenters. The summed E-state index contributed by atoms with van der Waals surface area (Å²) in [6.45, 7) is 7.69. The summed E-state index contributed by atoms with van der Waals surface area (Å²) in [5.41, 5.74) is 2.12. The van der Waals surface area contributed by atoms with Gasteiger partial charge < -0.3 is 5.32 Å². The van der Waals surface area contributed by atoms with E-state index in [2.05, 4.69) is 24.3 Å². The number of aromatic nitrogens is 2. The molecule has 1 aliphatic rings. The van der Waals surface area contributed by atoms with Gasteiger partial charge in [-0.25, -0.2) is 0 Å². The minimum absolute atomic E-state index is 0.528. The summed E-state index contributed by atoms with van der Waals surface area (Å²) in [5, 5.41) is 9.05. The van der Waals surface area contributed by atoms with Gasteiger partial charge in [0.1, 0.15) is 0 Å². The number of nitrogens with one attached hydrogen (secondary N) is 1. The Morgan fingerprint density at radius 2 is 2.20 bits per heavy atom. The van der Waals surface area contributed by atoms with Gasteiger partial charge in [0.2, 0.25) is 0 Å². The first kappa shape index (κ1) is 15.8. The average molecular weight is 298 g/mol. The molecular formula is C16H28ClN3. The van der Waals surface area contributed by atoms with Gasteiger partial charge in [-0.1, -0.05) is 38.3 Å². The first-order chi connectivity index (χ1) is 9.54. The van der Waals surface area contributed by atoms with Gasteiger partial charge in [-0.05, 0) is 38.1 Å². The zero-order chi connectivity index (χ0) is 14.7. The minimum Gasteiger partial charge on any atom is -0.313 e. The SMILES string of the molecule is CCCNC(Cc1c(Cl)c(C)nn1C)C1CCCC1C. The lowest BCUT2D eigenvalue weighted by atomic mass is 9.87. The van der Waals surface area contributed by atoms with Crippen LogP contribution in [0.3, 0.4) is 0 Å². The standard InChI is InChI=1S/C16H28ClN3/c1-5-9-18-14(13-8-6-7-11(13)2)10-15-16(17)12(3)19-20(15)4/h11,13-14,18H,5-10H2,1-4H3. The summed E-state index contributed by atoms with van der Waals surface area (Å²) in [4.78, 5) is 0. The smallest absolute Gasteiger partial charge is 0.0847 e. The number of halogens is 1. The molecule has 2 rings (SSSR count). The quantitative estimate of drug-likeness (QED) is 0.867. The summed E-state index contributed by atoms with van der Waals surface area (Å²) >= 11 is 6.42. The molecule has 3 unspecified atom stereocenters. The van der Waals surface area contributed by atoms with Gasteiger partial charge >= 0.3 is 0 Å². The van der Waals surface area contributed by atoms with Crippen molar-refractivity contribution in [2.45, 2.75) is 58.9 Å². The Kier molecular flexibility index (Phi) is 5.50. The van der Waals surface area contributed by atoms with Crippen molar-refractivity contribution in [2.75, 3.05) is 6.54 Å². The summed E-state index contributed by atoms with van der Waals surface area (Å²) in [5.74, 6) is 1.59. The Bertz CT molecular complexity index is 441. The van der Waals surface area contributed by atoms with Gasteiger partial charge in [-0.15, -0.1) is 0 Å². The molecule has 0 aromatic carbocycles. The largest absolute Gasteiger partial charge is 0.313 e. The molecule has 0 saturated heterocycles. The van der Waals surface area contributed by atoms with Crippen molar-refractivity contribution in [3.8, 4) is 0 Å². The van der Waals surface area contributed by atoms with Crippen molar-refractivity contribution in [1.29, 1.82) is 0 Å². The van der Waals surface area contributed by atoms with Gasteiger partial charge in [-0.2, -0.15) is 5.10 Å². The normalized spacial score (nSPS) is 24.2. The van der Waals surface area contributed by atoms with E-state index < -0.39 is 0 Å². The highest BCUT2D eigenvalue weighted by Gasteiger charge is 2.31. The third-order valence-corrected chi connectivity index (χ3v) is 5.27. The van der Waals surface area contributed by atoms with E-state index >= 15 is 0 Å². The van der Waals surface area contributed by atoms with E-state index in [-0.39, 0.29) is 0 Å². The predicted octanol–water partition coefficient (Wildman–Crippen LogP) is 3.73. The summed E-state index contributed by atoms with van der Waals surface area (Å²) < 4.78 is 1.96. The molecule has 20 heavy (non-hydrogen) atoms. The van der Waals surface area contributed by atoms with E-state index in [1.54, 1.807) is 0 Å². The molecule has 1 aromatic rings. The highest BCUT2D eigenvalue weighted by Crippen LogP contribution is 2.35. The number of hydrogen-bond acceptors (Lipinski definition) is 2. The van der Waals surface area contributed by atoms with Gasteiger partial charge in [0.05, 0.1) is 16.4 Å². The second-order valence-electron chi connectivity index (χ2n) is 6.31. The maximum absolute atomic E-state index is 6.42. The molecule has 3 nitrogen and oxygen atoms in total. The average Bonchev–Trinajstić information content (AvgIpc) is 2.93. The molecule has 0 aliphatic heterocycles. The van der Waals surface area contributed by atoms with Crippen LogP contribution in [-0.2, 0) is 13.5 Å². The van der Waals surface area contributed by atoms with Crippen LogP contribution < -0.4 is 5.32 Å². The van der Waals surface area contributed by atoms with Crippen molar-refractivity contribution in [3.63, 3.8) is 0 Å². The zero-order valence-corrected chi connectivity index (χ0v) is 14.0. The molecular weight excluding hydrogens is 270 g/mol. The molecule has 114 valence electrons. The molecule has 0 spiro atoms. The van der Waals surface area contributed by atoms with Crippen molar-refractivity contribution >= 4 is 11.6 Å². The van der Waals surface area contributed by atoms with Crippen molar-refractivity contribution < 1.29 is 0 Å². The number of nitrogens with zero attached hydrogens (tertiary/aromatic N) is 2. The summed E-state index contributed by atoms with van der Waals surface area (Å²) in [6, 6.07) is 0.528. The molecule has 0 amide bonds. The van der Waals surface area contributed by atoms with E-state index in [0.29, 0.717) is 6.04 Å². The highest BCUT2D eigenvalue weighted by molar-refractivity contribution is 6.31. The van der Waals surface area contributed by atoms with Gasteiger partial charge in [-0.3, -0.25) is 4.68 Å². The van der Waals surface area contributed by atoms with Crippen molar-refractivity contribution in [3.05, 3.63) is 16.4 Å². The van der Waals surface area contributed by atoms with E-state index in [1.807, 2.05) is 18.7 Å². The lowest BCUT2D eigenvalue weighted by Gasteiger charge is -2.28.